The van der Waals surface area contributed by atoms with Gasteiger partial charge in [0.2, 0.25) is 5.91 Å². The Morgan fingerprint density at radius 3 is 2.39 bits per heavy atom. The van der Waals surface area contributed by atoms with Crippen molar-refractivity contribution in [2.75, 3.05) is 19.6 Å². The van der Waals surface area contributed by atoms with Crippen LogP contribution in [0.3, 0.4) is 0 Å². The third-order valence-electron chi connectivity index (χ3n) is 3.18. The average Bonchev–Trinajstić information content (AvgIpc) is 2.36. The molecule has 0 radical (unpaired) electrons. The highest BCUT2D eigenvalue weighted by Crippen LogP contribution is 2.11. The van der Waals surface area contributed by atoms with Gasteiger partial charge in [-0.15, -0.1) is 0 Å². The molecule has 1 aliphatic rings. The molecule has 3 amide bonds. The van der Waals surface area contributed by atoms with Crippen LogP contribution in [0.5, 0.6) is 0 Å². The zero-order chi connectivity index (χ0) is 13.5. The van der Waals surface area contributed by atoms with Gasteiger partial charge in [-0.1, -0.05) is 20.8 Å². The van der Waals surface area contributed by atoms with Crippen molar-refractivity contribution in [2.24, 2.45) is 5.92 Å². The Morgan fingerprint density at radius 2 is 1.89 bits per heavy atom. The second-order valence-electron chi connectivity index (χ2n) is 5.16. The summed E-state index contributed by atoms with van der Waals surface area (Å²) in [5, 5.41) is 5.90. The van der Waals surface area contributed by atoms with Gasteiger partial charge in [0.1, 0.15) is 0 Å². The summed E-state index contributed by atoms with van der Waals surface area (Å²) >= 11 is 0. The highest BCUT2D eigenvalue weighted by molar-refractivity contribution is 5.78. The first-order valence-electron chi connectivity index (χ1n) is 6.87. The molecule has 0 aromatic carbocycles. The predicted molar refractivity (Wildman–Crippen MR) is 71.3 cm³/mol. The number of piperidine rings is 1. The van der Waals surface area contributed by atoms with Crippen LogP contribution in [0, 0.1) is 5.92 Å². The molecule has 18 heavy (non-hydrogen) atoms. The molecule has 1 saturated heterocycles. The lowest BCUT2D eigenvalue weighted by Gasteiger charge is -2.32. The Bertz CT molecular complexity index is 284. The standard InChI is InChI=1S/C13H25N3O2/c1-4-7-14-13(18)16-8-5-11(6-9-16)15-12(17)10(2)3/h10-11H,4-9H2,1-3H3,(H,14,18)(H,15,17). The number of likely N-dealkylation sites (tertiary alicyclic amines) is 1. The van der Waals surface area contributed by atoms with E-state index in [9.17, 15) is 9.59 Å². The number of rotatable bonds is 4. The van der Waals surface area contributed by atoms with Crippen LogP contribution < -0.4 is 10.6 Å². The fraction of sp³-hybridized carbons (Fsp3) is 0.846. The lowest BCUT2D eigenvalue weighted by atomic mass is 10.0. The molecule has 1 heterocycles. The van der Waals surface area contributed by atoms with Crippen molar-refractivity contribution in [2.45, 2.75) is 46.1 Å². The molecule has 1 rings (SSSR count). The maximum absolute atomic E-state index is 11.7. The zero-order valence-corrected chi connectivity index (χ0v) is 11.7. The predicted octanol–water partition coefficient (Wildman–Crippen LogP) is 1.34. The summed E-state index contributed by atoms with van der Waals surface area (Å²) in [6.45, 7) is 7.99. The topological polar surface area (TPSA) is 61.4 Å². The largest absolute Gasteiger partial charge is 0.353 e. The van der Waals surface area contributed by atoms with Gasteiger partial charge in [-0.25, -0.2) is 4.79 Å². The number of carbonyl (C=O) groups is 2. The van der Waals surface area contributed by atoms with Gasteiger partial charge in [0, 0.05) is 31.6 Å². The molecule has 104 valence electrons. The highest BCUT2D eigenvalue weighted by Gasteiger charge is 2.23. The maximum Gasteiger partial charge on any atom is 0.317 e. The summed E-state index contributed by atoms with van der Waals surface area (Å²) in [5.74, 6) is 0.125. The summed E-state index contributed by atoms with van der Waals surface area (Å²) in [6, 6.07) is 0.237. The molecule has 0 bridgehead atoms. The molecule has 0 atom stereocenters. The van der Waals surface area contributed by atoms with E-state index >= 15 is 0 Å². The van der Waals surface area contributed by atoms with Crippen molar-refractivity contribution < 1.29 is 9.59 Å². The molecule has 0 aromatic heterocycles. The molecule has 0 saturated carbocycles. The SMILES string of the molecule is CCCNC(=O)N1CCC(NC(=O)C(C)C)CC1. The van der Waals surface area contributed by atoms with Crippen molar-refractivity contribution in [1.29, 1.82) is 0 Å². The van der Waals surface area contributed by atoms with Crippen LogP contribution in [0.2, 0.25) is 0 Å². The number of hydrogen-bond acceptors (Lipinski definition) is 2. The third kappa shape index (κ3) is 4.55. The number of nitrogens with one attached hydrogen (secondary N) is 2. The van der Waals surface area contributed by atoms with Crippen LogP contribution in [0.15, 0.2) is 0 Å². The molecule has 0 spiro atoms. The minimum absolute atomic E-state index is 0.0190. The van der Waals surface area contributed by atoms with Gasteiger partial charge in [0.05, 0.1) is 0 Å². The molecule has 5 nitrogen and oxygen atoms in total. The zero-order valence-electron chi connectivity index (χ0n) is 11.7. The van der Waals surface area contributed by atoms with Crippen LogP contribution in [0.25, 0.3) is 0 Å². The summed E-state index contributed by atoms with van der Waals surface area (Å²) in [5.41, 5.74) is 0. The quantitative estimate of drug-likeness (QED) is 0.796. The molecular weight excluding hydrogens is 230 g/mol. The lowest BCUT2D eigenvalue weighted by Crippen LogP contribution is -2.50. The summed E-state index contributed by atoms with van der Waals surface area (Å²) in [4.78, 5) is 25.1. The van der Waals surface area contributed by atoms with Gasteiger partial charge in [-0.2, -0.15) is 0 Å². The molecule has 1 aliphatic heterocycles. The first kappa shape index (κ1) is 14.8. The minimum Gasteiger partial charge on any atom is -0.353 e. The van der Waals surface area contributed by atoms with Gasteiger partial charge in [0.15, 0.2) is 0 Å². The number of hydrogen-bond donors (Lipinski definition) is 2. The lowest BCUT2D eigenvalue weighted by molar-refractivity contribution is -0.124. The van der Waals surface area contributed by atoms with Crippen LogP contribution in [0.1, 0.15) is 40.0 Å². The number of urea groups is 1. The first-order valence-corrected chi connectivity index (χ1v) is 6.87. The Hall–Kier alpha value is -1.26. The molecule has 5 heteroatoms. The number of amides is 3. The highest BCUT2D eigenvalue weighted by atomic mass is 16.2. The van der Waals surface area contributed by atoms with Gasteiger partial charge in [0.25, 0.3) is 0 Å². The van der Waals surface area contributed by atoms with E-state index in [1.54, 1.807) is 0 Å². The Labute approximate surface area is 109 Å². The molecular formula is C13H25N3O2. The van der Waals surface area contributed by atoms with Crippen molar-refractivity contribution in [1.82, 2.24) is 15.5 Å². The van der Waals surface area contributed by atoms with Crippen molar-refractivity contribution in [3.8, 4) is 0 Å². The van der Waals surface area contributed by atoms with Crippen LogP contribution in [0.4, 0.5) is 4.79 Å². The second kappa shape index (κ2) is 7.24. The van der Waals surface area contributed by atoms with Crippen molar-refractivity contribution >= 4 is 11.9 Å². The number of carbonyl (C=O) groups excluding carboxylic acids is 2. The molecule has 0 unspecified atom stereocenters. The van der Waals surface area contributed by atoms with E-state index in [1.165, 1.54) is 0 Å². The number of nitrogens with zero attached hydrogens (tertiary/aromatic N) is 1. The smallest absolute Gasteiger partial charge is 0.317 e. The first-order chi connectivity index (χ1) is 8.54. The van der Waals surface area contributed by atoms with E-state index in [1.807, 2.05) is 25.7 Å². The Balaban J connectivity index is 2.28. The van der Waals surface area contributed by atoms with Gasteiger partial charge in [-0.3, -0.25) is 4.79 Å². The Morgan fingerprint density at radius 1 is 1.28 bits per heavy atom. The van der Waals surface area contributed by atoms with Crippen LogP contribution in [-0.4, -0.2) is 42.5 Å². The average molecular weight is 255 g/mol. The second-order valence-corrected chi connectivity index (χ2v) is 5.16. The van der Waals surface area contributed by atoms with E-state index in [-0.39, 0.29) is 23.9 Å². The molecule has 0 aromatic rings. The van der Waals surface area contributed by atoms with Crippen molar-refractivity contribution in [3.63, 3.8) is 0 Å². The van der Waals surface area contributed by atoms with Crippen LogP contribution >= 0.6 is 0 Å². The normalized spacial score (nSPS) is 16.8. The van der Waals surface area contributed by atoms with Gasteiger partial charge in [-0.05, 0) is 19.3 Å². The monoisotopic (exact) mass is 255 g/mol. The maximum atomic E-state index is 11.7. The molecule has 1 fully saturated rings. The molecule has 0 aliphatic carbocycles. The fourth-order valence-electron chi connectivity index (χ4n) is 1.94. The van der Waals surface area contributed by atoms with E-state index in [2.05, 4.69) is 10.6 Å². The fourth-order valence-corrected chi connectivity index (χ4v) is 1.94. The summed E-state index contributed by atoms with van der Waals surface area (Å²) in [7, 11) is 0. The van der Waals surface area contributed by atoms with E-state index in [0.29, 0.717) is 0 Å². The van der Waals surface area contributed by atoms with Crippen LogP contribution in [-0.2, 0) is 4.79 Å². The molecule has 2 N–H and O–H groups in total. The van der Waals surface area contributed by atoms with E-state index in [4.69, 9.17) is 0 Å². The van der Waals surface area contributed by atoms with Crippen molar-refractivity contribution in [3.05, 3.63) is 0 Å². The van der Waals surface area contributed by atoms with E-state index in [0.717, 1.165) is 38.9 Å². The van der Waals surface area contributed by atoms with Gasteiger partial charge >= 0.3 is 6.03 Å². The summed E-state index contributed by atoms with van der Waals surface area (Å²) < 4.78 is 0. The minimum atomic E-state index is 0.0190. The Kier molecular flexibility index (Phi) is 5.95. The third-order valence-corrected chi connectivity index (χ3v) is 3.18. The summed E-state index contributed by atoms with van der Waals surface area (Å²) in [6.07, 6.45) is 2.64. The van der Waals surface area contributed by atoms with Gasteiger partial charge < -0.3 is 15.5 Å². The van der Waals surface area contributed by atoms with E-state index < -0.39 is 0 Å².